The molecule has 5 heterocycles. The van der Waals surface area contributed by atoms with Gasteiger partial charge in [-0.1, -0.05) is 0 Å². The highest BCUT2D eigenvalue weighted by Crippen LogP contribution is 2.22. The van der Waals surface area contributed by atoms with Gasteiger partial charge in [0.1, 0.15) is 11.2 Å². The van der Waals surface area contributed by atoms with Crippen molar-refractivity contribution >= 4 is 28.0 Å². The van der Waals surface area contributed by atoms with Crippen LogP contribution in [0.4, 0.5) is 0 Å². The van der Waals surface area contributed by atoms with E-state index in [4.69, 9.17) is 0 Å². The molecule has 1 aliphatic rings. The van der Waals surface area contributed by atoms with Gasteiger partial charge in [0, 0.05) is 43.5 Å². The van der Waals surface area contributed by atoms with Gasteiger partial charge in [-0.3, -0.25) is 14.5 Å². The van der Waals surface area contributed by atoms with Gasteiger partial charge in [0.15, 0.2) is 5.65 Å². The number of piperidine rings is 1. The van der Waals surface area contributed by atoms with Crippen LogP contribution in [0.5, 0.6) is 0 Å². The number of aromatic nitrogens is 6. The van der Waals surface area contributed by atoms with E-state index in [-0.39, 0.29) is 5.91 Å². The maximum Gasteiger partial charge on any atom is 0.272 e. The molecule has 0 aliphatic carbocycles. The van der Waals surface area contributed by atoms with Crippen molar-refractivity contribution in [3.05, 3.63) is 42.6 Å². The second-order valence-electron chi connectivity index (χ2n) is 7.11. The summed E-state index contributed by atoms with van der Waals surface area (Å²) in [5, 5.41) is 5.23. The van der Waals surface area contributed by atoms with E-state index in [9.17, 15) is 4.79 Å². The number of aryl methyl sites for hydroxylation is 1. The van der Waals surface area contributed by atoms with Crippen LogP contribution >= 0.6 is 0 Å². The van der Waals surface area contributed by atoms with Crippen molar-refractivity contribution in [2.75, 3.05) is 13.1 Å². The van der Waals surface area contributed by atoms with Crippen LogP contribution in [0.2, 0.25) is 0 Å². The summed E-state index contributed by atoms with van der Waals surface area (Å²) in [6.07, 6.45) is 10.3. The molecular weight excluding hydrogens is 354 g/mol. The van der Waals surface area contributed by atoms with Gasteiger partial charge in [-0.05, 0) is 31.4 Å². The van der Waals surface area contributed by atoms with Crippen molar-refractivity contribution in [1.82, 2.24) is 34.6 Å². The number of carbonyl (C=O) groups is 1. The van der Waals surface area contributed by atoms with Crippen LogP contribution in [0.1, 0.15) is 29.8 Å². The van der Waals surface area contributed by atoms with E-state index in [0.29, 0.717) is 28.1 Å². The fraction of sp³-hybridized carbons (Fsp3) is 0.300. The second kappa shape index (κ2) is 6.63. The highest BCUT2D eigenvalue weighted by molar-refractivity contribution is 5.95. The Kier molecular flexibility index (Phi) is 3.96. The molecule has 0 bridgehead atoms. The molecule has 1 amide bonds. The van der Waals surface area contributed by atoms with E-state index < -0.39 is 0 Å². The third kappa shape index (κ3) is 2.96. The van der Waals surface area contributed by atoms with Crippen LogP contribution in [0, 0.1) is 0 Å². The number of pyridine rings is 2. The van der Waals surface area contributed by atoms with Crippen LogP contribution in [-0.4, -0.2) is 53.6 Å². The minimum absolute atomic E-state index is 0.0290. The molecule has 1 fully saturated rings. The van der Waals surface area contributed by atoms with Crippen molar-refractivity contribution in [3.63, 3.8) is 0 Å². The normalized spacial score (nSPS) is 14.7. The van der Waals surface area contributed by atoms with Crippen molar-refractivity contribution in [2.24, 2.45) is 7.05 Å². The van der Waals surface area contributed by atoms with E-state index in [2.05, 4.69) is 25.0 Å². The standard InChI is InChI=1S/C20H19N7O/c1-26-12-14-7-13(9-23-19(14)25-26)17-10-21-15-8-16(22-11-18(15)24-17)20(28)27-5-3-2-4-6-27/h7-12H,2-6H2,1H3. The van der Waals surface area contributed by atoms with E-state index in [0.717, 1.165) is 36.9 Å². The molecule has 0 unspecified atom stereocenters. The first kappa shape index (κ1) is 16.7. The molecule has 0 atom stereocenters. The fourth-order valence-corrected chi connectivity index (χ4v) is 3.60. The molecule has 5 rings (SSSR count). The summed E-state index contributed by atoms with van der Waals surface area (Å²) in [5.41, 5.74) is 4.01. The molecule has 4 aromatic heterocycles. The zero-order valence-electron chi connectivity index (χ0n) is 15.5. The Morgan fingerprint density at radius 1 is 0.964 bits per heavy atom. The summed E-state index contributed by atoms with van der Waals surface area (Å²) in [7, 11) is 1.87. The lowest BCUT2D eigenvalue weighted by atomic mass is 10.1. The zero-order valence-corrected chi connectivity index (χ0v) is 15.5. The predicted octanol–water partition coefficient (Wildman–Crippen LogP) is 2.60. The van der Waals surface area contributed by atoms with Crippen molar-refractivity contribution in [3.8, 4) is 11.3 Å². The van der Waals surface area contributed by atoms with Gasteiger partial charge in [0.25, 0.3) is 5.91 Å². The summed E-state index contributed by atoms with van der Waals surface area (Å²) < 4.78 is 1.73. The quantitative estimate of drug-likeness (QED) is 0.536. The Balaban J connectivity index is 1.48. The number of hydrogen-bond donors (Lipinski definition) is 0. The average molecular weight is 373 g/mol. The minimum atomic E-state index is -0.0290. The first-order valence-electron chi connectivity index (χ1n) is 9.39. The summed E-state index contributed by atoms with van der Waals surface area (Å²) in [4.78, 5) is 32.4. The van der Waals surface area contributed by atoms with E-state index in [1.165, 1.54) is 6.42 Å². The Bertz CT molecular complexity index is 1190. The highest BCUT2D eigenvalue weighted by Gasteiger charge is 2.20. The number of rotatable bonds is 2. The van der Waals surface area contributed by atoms with Gasteiger partial charge in [-0.15, -0.1) is 0 Å². The number of hydrogen-bond acceptors (Lipinski definition) is 6. The summed E-state index contributed by atoms with van der Waals surface area (Å²) >= 11 is 0. The number of fused-ring (bicyclic) bond motifs is 2. The second-order valence-corrected chi connectivity index (χ2v) is 7.11. The Morgan fingerprint density at radius 3 is 2.68 bits per heavy atom. The largest absolute Gasteiger partial charge is 0.337 e. The molecule has 8 nitrogen and oxygen atoms in total. The third-order valence-electron chi connectivity index (χ3n) is 5.06. The molecule has 0 aromatic carbocycles. The lowest BCUT2D eigenvalue weighted by molar-refractivity contribution is 0.0718. The molecule has 1 saturated heterocycles. The van der Waals surface area contributed by atoms with Gasteiger partial charge in [0.2, 0.25) is 0 Å². The first-order valence-corrected chi connectivity index (χ1v) is 9.39. The maximum absolute atomic E-state index is 12.7. The van der Waals surface area contributed by atoms with Gasteiger partial charge in [0.05, 0.1) is 23.6 Å². The lowest BCUT2D eigenvalue weighted by Crippen LogP contribution is -2.36. The van der Waals surface area contributed by atoms with Crippen molar-refractivity contribution < 1.29 is 4.79 Å². The summed E-state index contributed by atoms with van der Waals surface area (Å²) in [5.74, 6) is -0.0290. The number of carbonyl (C=O) groups excluding carboxylic acids is 1. The van der Waals surface area contributed by atoms with Crippen LogP contribution in [-0.2, 0) is 7.05 Å². The van der Waals surface area contributed by atoms with Gasteiger partial charge < -0.3 is 4.90 Å². The zero-order chi connectivity index (χ0) is 19.1. The van der Waals surface area contributed by atoms with Crippen LogP contribution in [0.3, 0.4) is 0 Å². The predicted molar refractivity (Wildman–Crippen MR) is 105 cm³/mol. The van der Waals surface area contributed by atoms with E-state index in [1.54, 1.807) is 29.3 Å². The lowest BCUT2D eigenvalue weighted by Gasteiger charge is -2.26. The Labute approximate surface area is 161 Å². The maximum atomic E-state index is 12.7. The van der Waals surface area contributed by atoms with Crippen LogP contribution in [0.15, 0.2) is 36.9 Å². The summed E-state index contributed by atoms with van der Waals surface area (Å²) in [6.45, 7) is 1.60. The highest BCUT2D eigenvalue weighted by atomic mass is 16.2. The van der Waals surface area contributed by atoms with Crippen molar-refractivity contribution in [2.45, 2.75) is 19.3 Å². The van der Waals surface area contributed by atoms with Gasteiger partial charge in [-0.25, -0.2) is 15.0 Å². The SMILES string of the molecule is Cn1cc2cc(-c3cnc4cc(C(=O)N5CCCCC5)ncc4n3)cnc2n1. The molecule has 8 heteroatoms. The van der Waals surface area contributed by atoms with Gasteiger partial charge in [-0.2, -0.15) is 5.10 Å². The topological polar surface area (TPSA) is 89.7 Å². The molecule has 140 valence electrons. The Hall–Kier alpha value is -3.42. The minimum Gasteiger partial charge on any atom is -0.337 e. The fourth-order valence-electron chi connectivity index (χ4n) is 3.60. The smallest absolute Gasteiger partial charge is 0.272 e. The molecule has 28 heavy (non-hydrogen) atoms. The molecule has 1 aliphatic heterocycles. The monoisotopic (exact) mass is 373 g/mol. The summed E-state index contributed by atoms with van der Waals surface area (Å²) in [6, 6.07) is 3.72. The molecule has 4 aromatic rings. The molecule has 0 saturated carbocycles. The number of likely N-dealkylation sites (tertiary alicyclic amines) is 1. The van der Waals surface area contributed by atoms with Gasteiger partial charge >= 0.3 is 0 Å². The molecular formula is C20H19N7O. The third-order valence-corrected chi connectivity index (χ3v) is 5.06. The average Bonchev–Trinajstić information content (AvgIpc) is 3.12. The Morgan fingerprint density at radius 2 is 1.82 bits per heavy atom. The molecule has 0 spiro atoms. The first-order chi connectivity index (χ1) is 13.7. The van der Waals surface area contributed by atoms with E-state index >= 15 is 0 Å². The number of amides is 1. The molecule has 0 radical (unpaired) electrons. The molecule has 0 N–H and O–H groups in total. The van der Waals surface area contributed by atoms with E-state index in [1.807, 2.05) is 24.2 Å². The van der Waals surface area contributed by atoms with Crippen molar-refractivity contribution in [1.29, 1.82) is 0 Å². The van der Waals surface area contributed by atoms with Crippen LogP contribution < -0.4 is 0 Å². The van der Waals surface area contributed by atoms with Crippen LogP contribution in [0.25, 0.3) is 33.3 Å². The number of nitrogens with zero attached hydrogens (tertiary/aromatic N) is 7.